The number of carboxylic acid groups (broad SMARTS) is 1. The average Bonchev–Trinajstić information content (AvgIpc) is 3.05. The van der Waals surface area contributed by atoms with E-state index in [4.69, 9.17) is 17.3 Å². The van der Waals surface area contributed by atoms with E-state index in [2.05, 4.69) is 11.8 Å². The van der Waals surface area contributed by atoms with Crippen LogP contribution in [0.2, 0.25) is 0 Å². The Labute approximate surface area is 209 Å². The Kier molecular flexibility index (Phi) is 8.55. The highest BCUT2D eigenvalue weighted by Gasteiger charge is 2.33. The number of carbonyl (C=O) groups excluding carboxylic acids is 1. The lowest BCUT2D eigenvalue weighted by Crippen LogP contribution is -2.38. The van der Waals surface area contributed by atoms with Crippen LogP contribution in [0.4, 0.5) is 5.82 Å². The molecule has 0 aromatic carbocycles. The van der Waals surface area contributed by atoms with Gasteiger partial charge >= 0.3 is 5.97 Å². The van der Waals surface area contributed by atoms with Gasteiger partial charge in [0.2, 0.25) is 0 Å². The molecule has 1 N–H and O–H groups in total. The number of piperidine rings is 1. The molecule has 0 spiro atoms. The third-order valence-electron chi connectivity index (χ3n) is 6.47. The summed E-state index contributed by atoms with van der Waals surface area (Å²) in [6.07, 6.45) is 5.84. The fraction of sp³-hybridized carbons (Fsp3) is 0.542. The third-order valence-corrected chi connectivity index (χ3v) is 7.85. The lowest BCUT2D eigenvalue weighted by atomic mass is 9.97. The number of amides is 1. The van der Waals surface area contributed by atoms with Crippen LogP contribution >= 0.6 is 24.0 Å². The number of hydrogen-bond donors (Lipinski definition) is 1. The highest BCUT2D eigenvalue weighted by Crippen LogP contribution is 2.36. The van der Waals surface area contributed by atoms with Gasteiger partial charge in [-0.25, -0.2) is 0 Å². The van der Waals surface area contributed by atoms with Crippen molar-refractivity contribution in [1.29, 1.82) is 5.26 Å². The topological polar surface area (TPSA) is 107 Å². The molecule has 0 saturated carbocycles. The summed E-state index contributed by atoms with van der Waals surface area (Å²) in [6, 6.07) is 2.03. The van der Waals surface area contributed by atoms with E-state index in [-0.39, 0.29) is 23.5 Å². The van der Waals surface area contributed by atoms with Gasteiger partial charge in [0.25, 0.3) is 11.5 Å². The molecule has 2 fully saturated rings. The molecule has 0 bridgehead atoms. The number of rotatable bonds is 8. The number of aliphatic carboxylic acids is 1. The van der Waals surface area contributed by atoms with Crippen molar-refractivity contribution < 1.29 is 14.7 Å². The van der Waals surface area contributed by atoms with Crippen LogP contribution in [-0.2, 0) is 16.6 Å². The molecular formula is C24H30N4O4S2. The number of anilines is 1. The first-order chi connectivity index (χ1) is 16.1. The van der Waals surface area contributed by atoms with Crippen molar-refractivity contribution in [3.63, 3.8) is 0 Å². The van der Waals surface area contributed by atoms with Crippen LogP contribution in [0.25, 0.3) is 6.08 Å². The third kappa shape index (κ3) is 5.53. The van der Waals surface area contributed by atoms with Crippen LogP contribution in [0, 0.1) is 24.2 Å². The van der Waals surface area contributed by atoms with Crippen molar-refractivity contribution in [1.82, 2.24) is 9.47 Å². The number of nitriles is 1. The quantitative estimate of drug-likeness (QED) is 0.326. The van der Waals surface area contributed by atoms with Gasteiger partial charge in [0, 0.05) is 38.7 Å². The Morgan fingerprint density at radius 3 is 2.56 bits per heavy atom. The molecule has 182 valence electrons. The maximum absolute atomic E-state index is 13.1. The van der Waals surface area contributed by atoms with Crippen molar-refractivity contribution >= 4 is 52.1 Å². The van der Waals surface area contributed by atoms with E-state index in [1.807, 2.05) is 6.07 Å². The Hall–Kier alpha value is -2.64. The molecule has 1 amide bonds. The zero-order chi connectivity index (χ0) is 25.0. The Balaban J connectivity index is 1.92. The van der Waals surface area contributed by atoms with Crippen molar-refractivity contribution in [2.24, 2.45) is 13.0 Å². The van der Waals surface area contributed by atoms with Crippen LogP contribution < -0.4 is 10.5 Å². The summed E-state index contributed by atoms with van der Waals surface area (Å²) in [5.41, 5.74) is 1.02. The molecule has 3 rings (SSSR count). The van der Waals surface area contributed by atoms with Gasteiger partial charge in [0.15, 0.2) is 0 Å². The van der Waals surface area contributed by atoms with Crippen molar-refractivity contribution in [3.8, 4) is 6.07 Å². The Morgan fingerprint density at radius 2 is 1.94 bits per heavy atom. The molecule has 2 aliphatic rings. The second kappa shape index (κ2) is 11.2. The lowest BCUT2D eigenvalue weighted by Gasteiger charge is -2.34. The monoisotopic (exact) mass is 502 g/mol. The van der Waals surface area contributed by atoms with Gasteiger partial charge in [-0.15, -0.1) is 0 Å². The van der Waals surface area contributed by atoms with Gasteiger partial charge in [0.05, 0.1) is 4.91 Å². The summed E-state index contributed by atoms with van der Waals surface area (Å²) < 4.78 is 1.99. The van der Waals surface area contributed by atoms with Gasteiger partial charge in [-0.1, -0.05) is 37.3 Å². The number of hydrogen-bond acceptors (Lipinski definition) is 7. The first kappa shape index (κ1) is 26.0. The fourth-order valence-corrected chi connectivity index (χ4v) is 5.65. The van der Waals surface area contributed by atoms with E-state index in [9.17, 15) is 19.6 Å². The number of nitrogens with zero attached hydrogens (tertiary/aromatic N) is 4. The standard InChI is InChI=1S/C24H30N4O4S2/c1-15-8-11-27(12-9-15)21-17(16(2)18(14-25)22(31)26(21)3)13-19-23(32)28(24(33)34-19)10-6-4-5-7-20(29)30/h13,15H,4-12H2,1-3H3,(H,29,30)/b19-13-. The summed E-state index contributed by atoms with van der Waals surface area (Å²) in [5.74, 6) is 0.324. The number of aromatic nitrogens is 1. The Bertz CT molecular complexity index is 1130. The maximum Gasteiger partial charge on any atom is 0.303 e. The van der Waals surface area contributed by atoms with Crippen LogP contribution in [0.15, 0.2) is 9.70 Å². The van der Waals surface area contributed by atoms with Crippen LogP contribution in [0.3, 0.4) is 0 Å². The number of carboxylic acids is 1. The number of carbonyl (C=O) groups is 2. The molecule has 1 aromatic heterocycles. The van der Waals surface area contributed by atoms with Gasteiger partial charge in [-0.3, -0.25) is 23.9 Å². The minimum atomic E-state index is -0.822. The van der Waals surface area contributed by atoms with Crippen molar-refractivity contribution in [3.05, 3.63) is 31.9 Å². The number of unbranched alkanes of at least 4 members (excludes halogenated alkanes) is 2. The number of pyridine rings is 1. The molecule has 1 aromatic rings. The predicted octanol–water partition coefficient (Wildman–Crippen LogP) is 3.65. The minimum absolute atomic E-state index is 0.0804. The molecule has 2 saturated heterocycles. The van der Waals surface area contributed by atoms with Gasteiger partial charge in [0.1, 0.15) is 21.8 Å². The van der Waals surface area contributed by atoms with E-state index in [0.29, 0.717) is 52.1 Å². The molecule has 0 aliphatic carbocycles. The molecule has 2 aliphatic heterocycles. The first-order valence-corrected chi connectivity index (χ1v) is 12.7. The molecular weight excluding hydrogens is 472 g/mol. The summed E-state index contributed by atoms with van der Waals surface area (Å²) >= 11 is 6.66. The first-order valence-electron chi connectivity index (χ1n) is 11.5. The SMILES string of the molecule is Cc1c(/C=C2\SC(=S)N(CCCCCC(=O)O)C2=O)c(N2CCC(C)CC2)n(C)c(=O)c1C#N. The Morgan fingerprint density at radius 1 is 1.26 bits per heavy atom. The highest BCUT2D eigenvalue weighted by molar-refractivity contribution is 8.26. The van der Waals surface area contributed by atoms with Gasteiger partial charge < -0.3 is 10.0 Å². The normalized spacial score (nSPS) is 18.1. The zero-order valence-electron chi connectivity index (χ0n) is 19.8. The summed E-state index contributed by atoms with van der Waals surface area (Å²) in [6.45, 7) is 6.02. The van der Waals surface area contributed by atoms with Crippen LogP contribution in [0.5, 0.6) is 0 Å². The highest BCUT2D eigenvalue weighted by atomic mass is 32.2. The van der Waals surface area contributed by atoms with E-state index in [1.54, 1.807) is 24.9 Å². The van der Waals surface area contributed by atoms with E-state index in [0.717, 1.165) is 31.7 Å². The largest absolute Gasteiger partial charge is 0.481 e. The van der Waals surface area contributed by atoms with Gasteiger partial charge in [-0.05, 0) is 50.2 Å². The van der Waals surface area contributed by atoms with Crippen LogP contribution in [-0.4, -0.2) is 50.4 Å². The maximum atomic E-state index is 13.1. The minimum Gasteiger partial charge on any atom is -0.481 e. The number of thioether (sulfide) groups is 1. The second-order valence-electron chi connectivity index (χ2n) is 8.92. The van der Waals surface area contributed by atoms with E-state index < -0.39 is 5.97 Å². The molecule has 8 nitrogen and oxygen atoms in total. The lowest BCUT2D eigenvalue weighted by molar-refractivity contribution is -0.137. The zero-order valence-corrected chi connectivity index (χ0v) is 21.4. The summed E-state index contributed by atoms with van der Waals surface area (Å²) in [5, 5.41) is 18.4. The van der Waals surface area contributed by atoms with Crippen LogP contribution in [0.1, 0.15) is 62.1 Å². The fourth-order valence-electron chi connectivity index (χ4n) is 4.36. The van der Waals surface area contributed by atoms with Crippen molar-refractivity contribution in [2.75, 3.05) is 24.5 Å². The molecule has 0 radical (unpaired) electrons. The average molecular weight is 503 g/mol. The second-order valence-corrected chi connectivity index (χ2v) is 10.6. The molecule has 0 unspecified atom stereocenters. The predicted molar refractivity (Wildman–Crippen MR) is 138 cm³/mol. The smallest absolute Gasteiger partial charge is 0.303 e. The summed E-state index contributed by atoms with van der Waals surface area (Å²) in [7, 11) is 1.68. The van der Waals surface area contributed by atoms with Gasteiger partial charge in [-0.2, -0.15) is 5.26 Å². The van der Waals surface area contributed by atoms with E-state index >= 15 is 0 Å². The molecule has 10 heteroatoms. The molecule has 3 heterocycles. The number of thiocarbonyl (C=S) groups is 1. The van der Waals surface area contributed by atoms with Crippen molar-refractivity contribution in [2.45, 2.75) is 52.4 Å². The molecule has 34 heavy (non-hydrogen) atoms. The van der Waals surface area contributed by atoms with E-state index in [1.165, 1.54) is 16.3 Å². The summed E-state index contributed by atoms with van der Waals surface area (Å²) in [4.78, 5) is 40.9. The molecule has 0 atom stereocenters.